The highest BCUT2D eigenvalue weighted by atomic mass is 79.9. The summed E-state index contributed by atoms with van der Waals surface area (Å²) in [6.45, 7) is 2.59. The Labute approximate surface area is 136 Å². The van der Waals surface area contributed by atoms with Gasteiger partial charge in [0.25, 0.3) is 0 Å². The second kappa shape index (κ2) is 5.27. The van der Waals surface area contributed by atoms with Crippen molar-refractivity contribution in [2.45, 2.75) is 13.5 Å². The third-order valence-corrected chi connectivity index (χ3v) is 4.57. The highest BCUT2D eigenvalue weighted by Gasteiger charge is 2.16. The van der Waals surface area contributed by atoms with Crippen LogP contribution in [0.5, 0.6) is 5.88 Å². The van der Waals surface area contributed by atoms with Crippen LogP contribution in [-0.4, -0.2) is 20.5 Å². The molecule has 2 aromatic rings. The molecule has 0 fully saturated rings. The second-order valence-corrected chi connectivity index (χ2v) is 6.09. The van der Waals surface area contributed by atoms with Crippen LogP contribution in [0.2, 0.25) is 0 Å². The third kappa shape index (κ3) is 2.28. The summed E-state index contributed by atoms with van der Waals surface area (Å²) in [5.41, 5.74) is 3.62. The Bertz CT molecular complexity index is 845. The normalized spacial score (nSPS) is 14.9. The van der Waals surface area contributed by atoms with Gasteiger partial charge in [-0.1, -0.05) is 15.9 Å². The number of rotatable bonds is 2. The average Bonchev–Trinajstić information content (AvgIpc) is 2.94. The van der Waals surface area contributed by atoms with Crippen molar-refractivity contribution in [1.29, 1.82) is 0 Å². The molecule has 0 spiro atoms. The van der Waals surface area contributed by atoms with Crippen LogP contribution < -0.4 is 0 Å². The zero-order valence-electron chi connectivity index (χ0n) is 11.7. The third-order valence-electron chi connectivity index (χ3n) is 3.58. The summed E-state index contributed by atoms with van der Waals surface area (Å²) in [4.78, 5) is 4.39. The van der Waals surface area contributed by atoms with Gasteiger partial charge in [-0.25, -0.2) is 0 Å². The molecule has 0 unspecified atom stereocenters. The number of nitrogens with zero attached hydrogens (tertiary/aromatic N) is 3. The van der Waals surface area contributed by atoms with E-state index >= 15 is 0 Å². The number of hydrogen-bond acceptors (Lipinski definition) is 3. The van der Waals surface area contributed by atoms with Gasteiger partial charge in [-0.3, -0.25) is 9.56 Å². The van der Waals surface area contributed by atoms with E-state index in [2.05, 4.69) is 20.9 Å². The van der Waals surface area contributed by atoms with Crippen molar-refractivity contribution in [1.82, 2.24) is 9.13 Å². The highest BCUT2D eigenvalue weighted by Crippen LogP contribution is 2.35. The molecule has 0 saturated carbocycles. The van der Waals surface area contributed by atoms with Crippen LogP contribution in [0, 0.1) is 4.77 Å². The number of benzene rings is 1. The molecule has 0 radical (unpaired) electrons. The van der Waals surface area contributed by atoms with Crippen LogP contribution in [0.1, 0.15) is 18.2 Å². The zero-order chi connectivity index (χ0) is 15.1. The van der Waals surface area contributed by atoms with Crippen molar-refractivity contribution in [2.75, 3.05) is 0 Å². The molecule has 0 saturated heterocycles. The van der Waals surface area contributed by atoms with E-state index < -0.39 is 0 Å². The first kappa shape index (κ1) is 14.3. The lowest BCUT2D eigenvalue weighted by Gasteiger charge is -2.02. The van der Waals surface area contributed by atoms with E-state index in [-0.39, 0.29) is 5.88 Å². The van der Waals surface area contributed by atoms with Crippen LogP contribution in [0.3, 0.4) is 0 Å². The molecule has 3 rings (SSSR count). The Morgan fingerprint density at radius 1 is 1.43 bits per heavy atom. The maximum Gasteiger partial charge on any atom is 0.217 e. The van der Waals surface area contributed by atoms with Gasteiger partial charge in [-0.15, -0.1) is 0 Å². The first-order valence-corrected chi connectivity index (χ1v) is 7.77. The minimum absolute atomic E-state index is 0.189. The quantitative estimate of drug-likeness (QED) is 0.808. The van der Waals surface area contributed by atoms with Crippen molar-refractivity contribution in [3.63, 3.8) is 0 Å². The molecule has 21 heavy (non-hydrogen) atoms. The largest absolute Gasteiger partial charge is 0.493 e. The maximum atomic E-state index is 10.3. The van der Waals surface area contributed by atoms with Crippen molar-refractivity contribution in [3.8, 4) is 5.88 Å². The first-order valence-electron chi connectivity index (χ1n) is 6.57. The van der Waals surface area contributed by atoms with Gasteiger partial charge in [0.2, 0.25) is 5.88 Å². The van der Waals surface area contributed by atoms with Gasteiger partial charge in [0.15, 0.2) is 4.77 Å². The van der Waals surface area contributed by atoms with E-state index in [0.717, 1.165) is 21.3 Å². The fourth-order valence-electron chi connectivity index (χ4n) is 2.43. The van der Waals surface area contributed by atoms with Crippen LogP contribution in [-0.2, 0) is 13.6 Å². The molecule has 1 aromatic heterocycles. The Kier molecular flexibility index (Phi) is 3.59. The number of halogens is 1. The van der Waals surface area contributed by atoms with E-state index in [1.54, 1.807) is 4.57 Å². The van der Waals surface area contributed by atoms with Gasteiger partial charge in [0.1, 0.15) is 5.69 Å². The van der Waals surface area contributed by atoms with E-state index in [1.165, 1.54) is 0 Å². The molecule has 1 N–H and O–H groups in total. The summed E-state index contributed by atoms with van der Waals surface area (Å²) in [7, 11) is 1.86. The van der Waals surface area contributed by atoms with Crippen molar-refractivity contribution in [2.24, 2.45) is 12.0 Å². The van der Waals surface area contributed by atoms with Crippen LogP contribution >= 0.6 is 28.1 Å². The molecule has 2 heterocycles. The first-order chi connectivity index (χ1) is 10.0. The van der Waals surface area contributed by atoms with Crippen LogP contribution in [0.4, 0.5) is 5.69 Å². The van der Waals surface area contributed by atoms with Crippen LogP contribution in [0.25, 0.3) is 11.6 Å². The fourth-order valence-corrected chi connectivity index (χ4v) is 3.11. The molecule has 0 atom stereocenters. The summed E-state index contributed by atoms with van der Waals surface area (Å²) >= 11 is 8.81. The molecule has 4 nitrogen and oxygen atoms in total. The van der Waals surface area contributed by atoms with Gasteiger partial charge < -0.3 is 9.67 Å². The number of fused-ring (bicyclic) bond motifs is 1. The van der Waals surface area contributed by atoms with Gasteiger partial charge >= 0.3 is 0 Å². The second-order valence-electron chi connectivity index (χ2n) is 4.81. The van der Waals surface area contributed by atoms with Crippen molar-refractivity contribution < 1.29 is 5.11 Å². The number of allylic oxidation sites excluding steroid dienone is 1. The number of imidazole rings is 1. The Hall–Kier alpha value is -1.66. The summed E-state index contributed by atoms with van der Waals surface area (Å²) < 4.78 is 5.12. The van der Waals surface area contributed by atoms with Crippen molar-refractivity contribution >= 4 is 51.7 Å². The van der Waals surface area contributed by atoms with Gasteiger partial charge in [-0.05, 0) is 43.4 Å². The molecule has 0 aliphatic carbocycles. The molecule has 0 amide bonds. The molecule has 1 aliphatic rings. The van der Waals surface area contributed by atoms with E-state index in [4.69, 9.17) is 12.2 Å². The Balaban J connectivity index is 2.17. The average molecular weight is 364 g/mol. The Morgan fingerprint density at radius 3 is 2.86 bits per heavy atom. The molecular formula is C15H14BrN3OS. The van der Waals surface area contributed by atoms with E-state index in [0.29, 0.717) is 17.0 Å². The minimum Gasteiger partial charge on any atom is -0.493 e. The van der Waals surface area contributed by atoms with E-state index in [9.17, 15) is 5.11 Å². The lowest BCUT2D eigenvalue weighted by atomic mass is 10.1. The summed E-state index contributed by atoms with van der Waals surface area (Å²) in [5.74, 6) is 0.189. The maximum absolute atomic E-state index is 10.3. The number of aromatic hydroxyl groups is 1. The van der Waals surface area contributed by atoms with Crippen LogP contribution in [0.15, 0.2) is 27.7 Å². The lowest BCUT2D eigenvalue weighted by Crippen LogP contribution is -1.95. The molecule has 6 heteroatoms. The minimum atomic E-state index is 0.189. The molecule has 108 valence electrons. The Morgan fingerprint density at radius 2 is 2.19 bits per heavy atom. The molecular weight excluding hydrogens is 350 g/mol. The molecule has 1 aromatic carbocycles. The van der Waals surface area contributed by atoms with Gasteiger partial charge in [0, 0.05) is 35.4 Å². The molecule has 0 bridgehead atoms. The predicted molar refractivity (Wildman–Crippen MR) is 91.7 cm³/mol. The fraction of sp³-hybridized carbons (Fsp3) is 0.200. The summed E-state index contributed by atoms with van der Waals surface area (Å²) in [5, 5.41) is 10.3. The SMILES string of the molecule is CCn1c(O)c(C=C2C=Nc3ccc(Br)cc32)n(C)c1=S. The van der Waals surface area contributed by atoms with Gasteiger partial charge in [-0.2, -0.15) is 0 Å². The van der Waals surface area contributed by atoms with E-state index in [1.807, 2.05) is 49.0 Å². The zero-order valence-corrected chi connectivity index (χ0v) is 14.1. The monoisotopic (exact) mass is 363 g/mol. The number of aromatic nitrogens is 2. The smallest absolute Gasteiger partial charge is 0.217 e. The van der Waals surface area contributed by atoms with Gasteiger partial charge in [0.05, 0.1) is 5.69 Å². The molecule has 1 aliphatic heterocycles. The summed E-state index contributed by atoms with van der Waals surface area (Å²) in [6.07, 6.45) is 3.72. The number of hydrogen-bond donors (Lipinski definition) is 1. The van der Waals surface area contributed by atoms with Crippen molar-refractivity contribution in [3.05, 3.63) is 38.7 Å². The topological polar surface area (TPSA) is 42.4 Å². The lowest BCUT2D eigenvalue weighted by molar-refractivity contribution is 0.419. The summed E-state index contributed by atoms with van der Waals surface area (Å²) in [6, 6.07) is 5.95. The highest BCUT2D eigenvalue weighted by molar-refractivity contribution is 9.10. The number of aliphatic imine (C=N–C) groups is 1. The standard InChI is InChI=1S/C15H14BrN3OS/c1-3-19-14(20)13(18(2)15(19)21)6-9-8-17-12-5-4-10(16)7-11(9)12/h4-8,20H,3H2,1-2H3. The predicted octanol–water partition coefficient (Wildman–Crippen LogP) is 4.30.